The van der Waals surface area contributed by atoms with Crippen LogP contribution >= 0.6 is 0 Å². The molecule has 0 unspecified atom stereocenters. The summed E-state index contributed by atoms with van der Waals surface area (Å²) in [6, 6.07) is 11.0. The smallest absolute Gasteiger partial charge is 0.151 e. The van der Waals surface area contributed by atoms with E-state index in [4.69, 9.17) is 0 Å². The Morgan fingerprint density at radius 3 is 1.63 bits per heavy atom. The number of nitrogens with zero attached hydrogens (tertiary/aromatic N) is 2. The minimum atomic E-state index is -3.06. The van der Waals surface area contributed by atoms with Gasteiger partial charge < -0.3 is 0 Å². The molecule has 0 aliphatic heterocycles. The fourth-order valence-electron chi connectivity index (χ4n) is 1.71. The van der Waals surface area contributed by atoms with E-state index in [0.717, 1.165) is 11.4 Å². The Labute approximate surface area is 113 Å². The van der Waals surface area contributed by atoms with Gasteiger partial charge in [-0.15, -0.1) is 0 Å². The summed E-state index contributed by atoms with van der Waals surface area (Å²) in [5.74, 6) is 0.272. The molecule has 5 heteroatoms. The lowest BCUT2D eigenvalue weighted by Crippen LogP contribution is -2.15. The van der Waals surface area contributed by atoms with Gasteiger partial charge in [0.05, 0.1) is 11.5 Å². The van der Waals surface area contributed by atoms with Crippen molar-refractivity contribution >= 4 is 9.84 Å². The summed E-state index contributed by atoms with van der Waals surface area (Å²) in [7, 11) is -3.06. The lowest BCUT2D eigenvalue weighted by molar-refractivity contribution is 0.594. The van der Waals surface area contributed by atoms with E-state index >= 15 is 0 Å². The first-order valence-corrected chi connectivity index (χ1v) is 7.98. The SMILES string of the molecule is O=S(=O)(CCc1ccccn1)CCc1ccccn1. The number of aromatic nitrogens is 2. The van der Waals surface area contributed by atoms with Crippen LogP contribution in [0.1, 0.15) is 11.4 Å². The van der Waals surface area contributed by atoms with E-state index in [1.165, 1.54) is 0 Å². The Morgan fingerprint density at radius 1 is 0.789 bits per heavy atom. The molecule has 0 amide bonds. The molecule has 0 bridgehead atoms. The van der Waals surface area contributed by atoms with Gasteiger partial charge in [-0.3, -0.25) is 9.97 Å². The summed E-state index contributed by atoms with van der Waals surface area (Å²) in [5.41, 5.74) is 1.62. The van der Waals surface area contributed by atoms with Crippen LogP contribution in [0.3, 0.4) is 0 Å². The molecule has 0 N–H and O–H groups in total. The van der Waals surface area contributed by atoms with Crippen LogP contribution in [0.25, 0.3) is 0 Å². The summed E-state index contributed by atoms with van der Waals surface area (Å²) >= 11 is 0. The average Bonchev–Trinajstić information content (AvgIpc) is 2.46. The molecule has 0 aromatic carbocycles. The molecular weight excluding hydrogens is 260 g/mol. The van der Waals surface area contributed by atoms with Gasteiger partial charge in [0.15, 0.2) is 9.84 Å². The van der Waals surface area contributed by atoms with Crippen molar-refractivity contribution in [3.8, 4) is 0 Å². The van der Waals surface area contributed by atoms with E-state index < -0.39 is 9.84 Å². The largest absolute Gasteiger partial charge is 0.261 e. The van der Waals surface area contributed by atoms with Gasteiger partial charge in [0.25, 0.3) is 0 Å². The minimum absolute atomic E-state index is 0.136. The Bertz CT molecular complexity index is 548. The summed E-state index contributed by atoms with van der Waals surface area (Å²) in [4.78, 5) is 8.25. The number of rotatable bonds is 6. The third kappa shape index (κ3) is 4.79. The van der Waals surface area contributed by atoms with Crippen molar-refractivity contribution in [2.24, 2.45) is 0 Å². The summed E-state index contributed by atoms with van der Waals surface area (Å²) < 4.78 is 23.8. The summed E-state index contributed by atoms with van der Waals surface area (Å²) in [6.07, 6.45) is 4.28. The maximum atomic E-state index is 11.9. The maximum Gasteiger partial charge on any atom is 0.151 e. The molecule has 0 spiro atoms. The van der Waals surface area contributed by atoms with Crippen molar-refractivity contribution in [2.45, 2.75) is 12.8 Å². The average molecular weight is 276 g/mol. The molecule has 0 aliphatic carbocycles. The van der Waals surface area contributed by atoms with Crippen LogP contribution < -0.4 is 0 Å². The molecule has 0 aliphatic rings. The highest BCUT2D eigenvalue weighted by atomic mass is 32.2. The molecule has 0 saturated carbocycles. The van der Waals surface area contributed by atoms with Gasteiger partial charge in [0, 0.05) is 36.6 Å². The number of aryl methyl sites for hydroxylation is 2. The molecule has 0 radical (unpaired) electrons. The standard InChI is InChI=1S/C14H16N2O2S/c17-19(18,11-7-13-5-1-3-9-15-13)12-8-14-6-2-4-10-16-14/h1-6,9-10H,7-8,11-12H2. The Morgan fingerprint density at radius 2 is 1.26 bits per heavy atom. The third-order valence-electron chi connectivity index (χ3n) is 2.79. The first kappa shape index (κ1) is 13.7. The van der Waals surface area contributed by atoms with Gasteiger partial charge in [0.2, 0.25) is 0 Å². The van der Waals surface area contributed by atoms with Crippen LogP contribution in [0, 0.1) is 0 Å². The van der Waals surface area contributed by atoms with Gasteiger partial charge in [-0.1, -0.05) is 12.1 Å². The molecule has 0 saturated heterocycles. The highest BCUT2D eigenvalue weighted by molar-refractivity contribution is 7.91. The van der Waals surface area contributed by atoms with E-state index in [2.05, 4.69) is 9.97 Å². The highest BCUT2D eigenvalue weighted by Gasteiger charge is 2.11. The second-order valence-corrected chi connectivity index (χ2v) is 6.60. The molecule has 2 rings (SSSR count). The Balaban J connectivity index is 1.86. The van der Waals surface area contributed by atoms with Crippen molar-refractivity contribution in [3.63, 3.8) is 0 Å². The summed E-state index contributed by atoms with van der Waals surface area (Å²) in [6.45, 7) is 0. The summed E-state index contributed by atoms with van der Waals surface area (Å²) in [5, 5.41) is 0. The zero-order valence-corrected chi connectivity index (χ0v) is 11.4. The van der Waals surface area contributed by atoms with Gasteiger partial charge >= 0.3 is 0 Å². The van der Waals surface area contributed by atoms with Crippen molar-refractivity contribution in [1.29, 1.82) is 0 Å². The van der Waals surface area contributed by atoms with Crippen LogP contribution in [-0.2, 0) is 22.7 Å². The van der Waals surface area contributed by atoms with Crippen LogP contribution in [0.5, 0.6) is 0 Å². The van der Waals surface area contributed by atoms with Crippen LogP contribution in [0.4, 0.5) is 0 Å². The monoisotopic (exact) mass is 276 g/mol. The second kappa shape index (κ2) is 6.43. The highest BCUT2D eigenvalue weighted by Crippen LogP contribution is 2.03. The fraction of sp³-hybridized carbons (Fsp3) is 0.286. The second-order valence-electron chi connectivity index (χ2n) is 4.29. The number of pyridine rings is 2. The van der Waals surface area contributed by atoms with Crippen molar-refractivity contribution < 1.29 is 8.42 Å². The van der Waals surface area contributed by atoms with E-state index in [9.17, 15) is 8.42 Å². The van der Waals surface area contributed by atoms with E-state index in [-0.39, 0.29) is 11.5 Å². The molecule has 100 valence electrons. The molecule has 0 fully saturated rings. The molecule has 4 nitrogen and oxygen atoms in total. The Hall–Kier alpha value is -1.75. The van der Waals surface area contributed by atoms with E-state index in [1.807, 2.05) is 36.4 Å². The Kier molecular flexibility index (Phi) is 4.63. The van der Waals surface area contributed by atoms with Gasteiger partial charge in [-0.2, -0.15) is 0 Å². The molecule has 2 heterocycles. The lowest BCUT2D eigenvalue weighted by Gasteiger charge is -2.04. The molecule has 19 heavy (non-hydrogen) atoms. The molecule has 2 aromatic rings. The predicted octanol–water partition coefficient (Wildman–Crippen LogP) is 1.68. The van der Waals surface area contributed by atoms with Crippen LogP contribution in [-0.4, -0.2) is 29.9 Å². The zero-order valence-electron chi connectivity index (χ0n) is 10.6. The fourth-order valence-corrected chi connectivity index (χ4v) is 2.96. The first-order valence-electron chi connectivity index (χ1n) is 6.16. The van der Waals surface area contributed by atoms with Crippen LogP contribution in [0.15, 0.2) is 48.8 Å². The van der Waals surface area contributed by atoms with Crippen molar-refractivity contribution in [1.82, 2.24) is 9.97 Å². The first-order chi connectivity index (χ1) is 9.16. The number of sulfone groups is 1. The quantitative estimate of drug-likeness (QED) is 0.805. The number of hydrogen-bond acceptors (Lipinski definition) is 4. The molecule has 0 atom stereocenters. The van der Waals surface area contributed by atoms with E-state index in [1.54, 1.807) is 12.4 Å². The number of hydrogen-bond donors (Lipinski definition) is 0. The van der Waals surface area contributed by atoms with Gasteiger partial charge in [-0.05, 0) is 24.3 Å². The van der Waals surface area contributed by atoms with Crippen LogP contribution in [0.2, 0.25) is 0 Å². The van der Waals surface area contributed by atoms with Gasteiger partial charge in [0.1, 0.15) is 0 Å². The third-order valence-corrected chi connectivity index (χ3v) is 4.44. The zero-order chi connectivity index (χ0) is 13.6. The molecular formula is C14H16N2O2S. The van der Waals surface area contributed by atoms with Gasteiger partial charge in [-0.25, -0.2) is 8.42 Å². The maximum absolute atomic E-state index is 11.9. The van der Waals surface area contributed by atoms with Crippen molar-refractivity contribution in [2.75, 3.05) is 11.5 Å². The topological polar surface area (TPSA) is 59.9 Å². The minimum Gasteiger partial charge on any atom is -0.261 e. The predicted molar refractivity (Wildman–Crippen MR) is 74.5 cm³/mol. The van der Waals surface area contributed by atoms with E-state index in [0.29, 0.717) is 12.8 Å². The molecule has 2 aromatic heterocycles. The van der Waals surface area contributed by atoms with Crippen molar-refractivity contribution in [3.05, 3.63) is 60.2 Å². The lowest BCUT2D eigenvalue weighted by atomic mass is 10.3. The normalized spacial score (nSPS) is 11.4.